The molecule has 1 aromatic heterocycles. The molecule has 2 aliphatic heterocycles. The van der Waals surface area contributed by atoms with Gasteiger partial charge in [-0.2, -0.15) is 0 Å². The largest absolute Gasteiger partial charge is 0.335 e. The van der Waals surface area contributed by atoms with Crippen molar-refractivity contribution in [3.8, 4) is 0 Å². The number of sulfone groups is 1. The Labute approximate surface area is 152 Å². The van der Waals surface area contributed by atoms with Gasteiger partial charge in [-0.25, -0.2) is 8.42 Å². The predicted molar refractivity (Wildman–Crippen MR) is 97.6 cm³/mol. The van der Waals surface area contributed by atoms with Crippen LogP contribution in [0, 0.1) is 0 Å². The molecular weight excluding hydrogens is 360 g/mol. The lowest BCUT2D eigenvalue weighted by Gasteiger charge is -2.43. The third-order valence-electron chi connectivity index (χ3n) is 4.96. The second-order valence-corrected chi connectivity index (χ2v) is 9.85. The molecule has 0 N–H and O–H groups in total. The lowest BCUT2D eigenvalue weighted by molar-refractivity contribution is -0.135. The monoisotopic (exact) mass is 384 g/mol. The van der Waals surface area contributed by atoms with Gasteiger partial charge in [0.2, 0.25) is 5.91 Å². The summed E-state index contributed by atoms with van der Waals surface area (Å²) in [5.41, 5.74) is 0.631. The van der Waals surface area contributed by atoms with Crippen molar-refractivity contribution in [3.05, 3.63) is 21.9 Å². The van der Waals surface area contributed by atoms with Crippen molar-refractivity contribution in [1.29, 1.82) is 0 Å². The average molecular weight is 385 g/mol. The van der Waals surface area contributed by atoms with Gasteiger partial charge < -0.3 is 9.80 Å². The standard InChI is InChI=1S/C17H24N2O4S2/c1-3-5-13-8-12(9-24-13)17(21)19-7-6-18(16(20)4-2)14-10-25(22,23)11-15(14)19/h8-9,14-15H,3-7,10-11H2,1-2H3/t14-,15+/m1/s1. The Bertz CT molecular complexity index is 771. The van der Waals surface area contributed by atoms with Crippen LogP contribution >= 0.6 is 11.3 Å². The molecule has 2 fully saturated rings. The molecule has 0 aliphatic carbocycles. The number of hydrogen-bond acceptors (Lipinski definition) is 5. The molecule has 6 nitrogen and oxygen atoms in total. The van der Waals surface area contributed by atoms with Crippen molar-refractivity contribution in [1.82, 2.24) is 9.80 Å². The Kier molecular flexibility index (Phi) is 5.20. The maximum absolute atomic E-state index is 13.0. The van der Waals surface area contributed by atoms with Gasteiger partial charge in [-0.3, -0.25) is 9.59 Å². The van der Waals surface area contributed by atoms with Crippen LogP contribution in [0.3, 0.4) is 0 Å². The fraction of sp³-hybridized carbons (Fsp3) is 0.647. The van der Waals surface area contributed by atoms with E-state index in [2.05, 4.69) is 6.92 Å². The minimum atomic E-state index is -3.24. The average Bonchev–Trinajstić information content (AvgIpc) is 3.15. The van der Waals surface area contributed by atoms with Crippen LogP contribution in [0.1, 0.15) is 41.9 Å². The van der Waals surface area contributed by atoms with E-state index >= 15 is 0 Å². The number of carbonyl (C=O) groups excluding carboxylic acids is 2. The molecule has 2 amide bonds. The highest BCUT2D eigenvalue weighted by molar-refractivity contribution is 7.91. The summed E-state index contributed by atoms with van der Waals surface area (Å²) in [7, 11) is -3.24. The maximum Gasteiger partial charge on any atom is 0.255 e. The first kappa shape index (κ1) is 18.4. The van der Waals surface area contributed by atoms with Crippen molar-refractivity contribution in [2.75, 3.05) is 24.6 Å². The Morgan fingerprint density at radius 1 is 1.16 bits per heavy atom. The van der Waals surface area contributed by atoms with E-state index in [4.69, 9.17) is 0 Å². The topological polar surface area (TPSA) is 74.8 Å². The molecular formula is C17H24N2O4S2. The lowest BCUT2D eigenvalue weighted by atomic mass is 10.0. The number of fused-ring (bicyclic) bond motifs is 1. The maximum atomic E-state index is 13.0. The summed E-state index contributed by atoms with van der Waals surface area (Å²) < 4.78 is 24.3. The van der Waals surface area contributed by atoms with Crippen LogP contribution < -0.4 is 0 Å². The van der Waals surface area contributed by atoms with Gasteiger partial charge in [-0.15, -0.1) is 11.3 Å². The van der Waals surface area contributed by atoms with Crippen LogP contribution in [-0.2, 0) is 21.1 Å². The van der Waals surface area contributed by atoms with E-state index in [0.29, 0.717) is 25.1 Å². The molecule has 3 rings (SSSR count). The van der Waals surface area contributed by atoms with Crippen molar-refractivity contribution in [2.45, 2.75) is 45.2 Å². The molecule has 3 heterocycles. The van der Waals surface area contributed by atoms with Crippen LogP contribution in [0.2, 0.25) is 0 Å². The second-order valence-electron chi connectivity index (χ2n) is 6.70. The van der Waals surface area contributed by atoms with E-state index in [1.807, 2.05) is 11.4 Å². The molecule has 8 heteroatoms. The number of thiophene rings is 1. The normalized spacial score (nSPS) is 25.0. The highest BCUT2D eigenvalue weighted by Gasteiger charge is 2.49. The molecule has 0 unspecified atom stereocenters. The fourth-order valence-electron chi connectivity index (χ4n) is 3.75. The summed E-state index contributed by atoms with van der Waals surface area (Å²) in [6, 6.07) is 1.07. The number of amides is 2. The zero-order chi connectivity index (χ0) is 18.2. The van der Waals surface area contributed by atoms with Gasteiger partial charge in [-0.1, -0.05) is 20.3 Å². The first-order chi connectivity index (χ1) is 11.9. The van der Waals surface area contributed by atoms with Crippen molar-refractivity contribution in [2.24, 2.45) is 0 Å². The summed E-state index contributed by atoms with van der Waals surface area (Å²) in [6.45, 7) is 4.67. The number of carbonyl (C=O) groups is 2. The third kappa shape index (κ3) is 3.60. The van der Waals surface area contributed by atoms with Gasteiger partial charge >= 0.3 is 0 Å². The smallest absolute Gasteiger partial charge is 0.255 e. The zero-order valence-electron chi connectivity index (χ0n) is 14.6. The Hall–Kier alpha value is -1.41. The molecule has 0 saturated carbocycles. The van der Waals surface area contributed by atoms with E-state index in [1.165, 1.54) is 4.88 Å². The van der Waals surface area contributed by atoms with E-state index in [9.17, 15) is 18.0 Å². The molecule has 0 aromatic carbocycles. The number of aryl methyl sites for hydroxylation is 1. The molecule has 138 valence electrons. The fourth-order valence-corrected chi connectivity index (χ4v) is 6.70. The van der Waals surface area contributed by atoms with Crippen molar-refractivity contribution in [3.63, 3.8) is 0 Å². The molecule has 1 aromatic rings. The zero-order valence-corrected chi connectivity index (χ0v) is 16.2. The van der Waals surface area contributed by atoms with Gasteiger partial charge in [0.15, 0.2) is 9.84 Å². The summed E-state index contributed by atoms with van der Waals surface area (Å²) in [5.74, 6) is -0.255. The van der Waals surface area contributed by atoms with Crippen LogP contribution in [0.5, 0.6) is 0 Å². The summed E-state index contributed by atoms with van der Waals surface area (Å²) in [6.07, 6.45) is 2.31. The number of piperazine rings is 1. The second kappa shape index (κ2) is 7.07. The van der Waals surface area contributed by atoms with Crippen LogP contribution in [0.4, 0.5) is 0 Å². The lowest BCUT2D eigenvalue weighted by Crippen LogP contribution is -2.61. The first-order valence-corrected chi connectivity index (χ1v) is 11.4. The molecule has 0 spiro atoms. The first-order valence-electron chi connectivity index (χ1n) is 8.74. The van der Waals surface area contributed by atoms with Gasteiger partial charge in [0.05, 0.1) is 29.2 Å². The SMILES string of the molecule is CCCc1cc(C(=O)N2CCN(C(=O)CC)[C@@H]3CS(=O)(=O)C[C@@H]32)cs1. The minimum Gasteiger partial charge on any atom is -0.335 e. The van der Waals surface area contributed by atoms with Crippen LogP contribution in [0.15, 0.2) is 11.4 Å². The highest BCUT2D eigenvalue weighted by atomic mass is 32.2. The number of rotatable bonds is 4. The Morgan fingerprint density at radius 2 is 1.80 bits per heavy atom. The van der Waals surface area contributed by atoms with Crippen molar-refractivity contribution >= 4 is 33.0 Å². The molecule has 2 atom stereocenters. The van der Waals surface area contributed by atoms with E-state index < -0.39 is 21.9 Å². The Morgan fingerprint density at radius 3 is 2.44 bits per heavy atom. The van der Waals surface area contributed by atoms with E-state index in [-0.39, 0.29) is 23.3 Å². The number of hydrogen-bond donors (Lipinski definition) is 0. The highest BCUT2D eigenvalue weighted by Crippen LogP contribution is 2.29. The molecule has 25 heavy (non-hydrogen) atoms. The van der Waals surface area contributed by atoms with E-state index in [1.54, 1.807) is 28.1 Å². The predicted octanol–water partition coefficient (Wildman–Crippen LogP) is 1.56. The van der Waals surface area contributed by atoms with Crippen LogP contribution in [0.25, 0.3) is 0 Å². The van der Waals surface area contributed by atoms with Gasteiger partial charge in [0, 0.05) is 29.8 Å². The van der Waals surface area contributed by atoms with Gasteiger partial charge in [0.1, 0.15) is 0 Å². The Balaban J connectivity index is 1.84. The summed E-state index contributed by atoms with van der Waals surface area (Å²) in [5, 5.41) is 1.86. The van der Waals surface area contributed by atoms with Gasteiger partial charge in [0.25, 0.3) is 5.91 Å². The quantitative estimate of drug-likeness (QED) is 0.790. The van der Waals surface area contributed by atoms with Crippen LogP contribution in [-0.4, -0.2) is 66.7 Å². The third-order valence-corrected chi connectivity index (χ3v) is 7.65. The minimum absolute atomic E-state index is 0.0417. The van der Waals surface area contributed by atoms with E-state index in [0.717, 1.165) is 12.8 Å². The summed E-state index contributed by atoms with van der Waals surface area (Å²) in [4.78, 5) is 29.6. The number of nitrogens with zero attached hydrogens (tertiary/aromatic N) is 2. The molecule has 0 radical (unpaired) electrons. The molecule has 2 saturated heterocycles. The molecule has 0 bridgehead atoms. The van der Waals surface area contributed by atoms with Gasteiger partial charge in [-0.05, 0) is 12.5 Å². The molecule has 2 aliphatic rings. The summed E-state index contributed by atoms with van der Waals surface area (Å²) >= 11 is 1.57. The van der Waals surface area contributed by atoms with Crippen molar-refractivity contribution < 1.29 is 18.0 Å².